The highest BCUT2D eigenvalue weighted by Crippen LogP contribution is 2.35. The van der Waals surface area contributed by atoms with E-state index in [1.807, 2.05) is 0 Å². The summed E-state index contributed by atoms with van der Waals surface area (Å²) in [5.41, 5.74) is -0.0555. The molecule has 2 rings (SSSR count). The van der Waals surface area contributed by atoms with E-state index < -0.39 is 5.97 Å². The molecule has 0 aliphatic carbocycles. The second-order valence-corrected chi connectivity index (χ2v) is 5.86. The van der Waals surface area contributed by atoms with Gasteiger partial charge in [-0.1, -0.05) is 45.9 Å². The lowest BCUT2D eigenvalue weighted by molar-refractivity contribution is 0.0520. The van der Waals surface area contributed by atoms with Crippen LogP contribution in [0.15, 0.2) is 4.79 Å². The van der Waals surface area contributed by atoms with E-state index in [0.717, 1.165) is 22.7 Å². The summed E-state index contributed by atoms with van der Waals surface area (Å²) in [6.07, 6.45) is 0. The number of hydrogen-bond acceptors (Lipinski definition) is 6. The van der Waals surface area contributed by atoms with E-state index in [0.29, 0.717) is 9.40 Å². The Labute approximate surface area is 114 Å². The van der Waals surface area contributed by atoms with Crippen molar-refractivity contribution in [2.75, 3.05) is 6.61 Å². The number of ether oxygens (including phenoxy) is 1. The largest absolute Gasteiger partial charge is 0.461 e. The monoisotopic (exact) mass is 309 g/mol. The molecule has 0 saturated carbocycles. The van der Waals surface area contributed by atoms with E-state index in [9.17, 15) is 9.59 Å². The Kier molecular flexibility index (Phi) is 3.67. The smallest absolute Gasteiger partial charge is 0.358 e. The zero-order valence-corrected chi connectivity index (χ0v) is 11.6. The third-order valence-electron chi connectivity index (χ3n) is 1.85. The highest BCUT2D eigenvalue weighted by Gasteiger charge is 2.20. The van der Waals surface area contributed by atoms with E-state index in [2.05, 4.69) is 4.98 Å². The summed E-state index contributed by atoms with van der Waals surface area (Å²) >= 11 is 13.8. The van der Waals surface area contributed by atoms with Gasteiger partial charge in [-0.3, -0.25) is 4.79 Å². The van der Waals surface area contributed by atoms with Crippen molar-refractivity contribution in [2.24, 2.45) is 0 Å². The van der Waals surface area contributed by atoms with Gasteiger partial charge < -0.3 is 4.74 Å². The topological polar surface area (TPSA) is 56.3 Å². The number of aromatic nitrogens is 1. The Morgan fingerprint density at radius 3 is 2.65 bits per heavy atom. The quantitative estimate of drug-likeness (QED) is 0.631. The summed E-state index contributed by atoms with van der Waals surface area (Å²) < 4.78 is 5.63. The summed E-state index contributed by atoms with van der Waals surface area (Å²) in [5.74, 6) is -0.646. The summed E-state index contributed by atoms with van der Waals surface area (Å²) in [6, 6.07) is 0. The first-order chi connectivity index (χ1) is 8.04. The molecule has 2 aromatic rings. The van der Waals surface area contributed by atoms with Crippen LogP contribution in [-0.4, -0.2) is 17.6 Å². The van der Waals surface area contributed by atoms with Crippen molar-refractivity contribution < 1.29 is 9.53 Å². The molecule has 90 valence electrons. The van der Waals surface area contributed by atoms with E-state index in [1.165, 1.54) is 0 Å². The molecule has 0 fully saturated rings. The fraction of sp³-hybridized carbons (Fsp3) is 0.222. The van der Waals surface area contributed by atoms with Crippen molar-refractivity contribution in [1.29, 1.82) is 0 Å². The Morgan fingerprint density at radius 1 is 1.35 bits per heavy atom. The van der Waals surface area contributed by atoms with Crippen LogP contribution in [0.2, 0.25) is 10.2 Å². The summed E-state index contributed by atoms with van der Waals surface area (Å²) in [5, 5.41) is 0.210. The molecule has 0 aliphatic rings. The number of hydrogen-bond donors (Lipinski definition) is 0. The molecule has 2 heterocycles. The van der Waals surface area contributed by atoms with Crippen molar-refractivity contribution in [3.05, 3.63) is 24.7 Å². The van der Waals surface area contributed by atoms with Gasteiger partial charge in [0.05, 0.1) is 21.0 Å². The standard InChI is InChI=1S/C9H5Cl2NO3S2/c1-2-15-8(13)4-3(10)5-6(7(11)12-4)17-9(14)16-5/h2H2,1H3. The van der Waals surface area contributed by atoms with E-state index in [1.54, 1.807) is 6.92 Å². The Balaban J connectivity index is 2.70. The highest BCUT2D eigenvalue weighted by molar-refractivity contribution is 7.36. The van der Waals surface area contributed by atoms with Crippen molar-refractivity contribution in [1.82, 2.24) is 4.98 Å². The Morgan fingerprint density at radius 2 is 2.00 bits per heavy atom. The molecule has 0 atom stereocenters. The van der Waals surface area contributed by atoms with Gasteiger partial charge in [0.15, 0.2) is 5.69 Å². The zero-order chi connectivity index (χ0) is 12.6. The van der Waals surface area contributed by atoms with Gasteiger partial charge in [0.25, 0.3) is 4.06 Å². The number of esters is 1. The minimum absolute atomic E-state index is 0.0555. The molecule has 2 aromatic heterocycles. The van der Waals surface area contributed by atoms with Crippen LogP contribution in [0.1, 0.15) is 17.4 Å². The van der Waals surface area contributed by atoms with Crippen molar-refractivity contribution in [2.45, 2.75) is 6.92 Å². The maximum atomic E-state index is 11.6. The molecule has 0 radical (unpaired) electrons. The average Bonchev–Trinajstić information content (AvgIpc) is 2.66. The molecular weight excluding hydrogens is 305 g/mol. The maximum Gasteiger partial charge on any atom is 0.358 e. The third kappa shape index (κ3) is 2.30. The number of nitrogens with zero attached hydrogens (tertiary/aromatic N) is 1. The van der Waals surface area contributed by atoms with Gasteiger partial charge in [0, 0.05) is 0 Å². The number of carbonyl (C=O) groups excluding carboxylic acids is 1. The van der Waals surface area contributed by atoms with Gasteiger partial charge in [0.2, 0.25) is 0 Å². The number of rotatable bonds is 2. The first-order valence-electron chi connectivity index (χ1n) is 4.50. The molecule has 0 bridgehead atoms. The molecule has 0 aliphatic heterocycles. The summed E-state index contributed by atoms with van der Waals surface area (Å²) in [4.78, 5) is 26.7. The summed E-state index contributed by atoms with van der Waals surface area (Å²) in [6.45, 7) is 1.89. The van der Waals surface area contributed by atoms with Crippen LogP contribution < -0.4 is 4.06 Å². The van der Waals surface area contributed by atoms with Crippen molar-refractivity contribution in [3.8, 4) is 0 Å². The first kappa shape index (κ1) is 12.8. The predicted octanol–water partition coefficient (Wildman–Crippen LogP) is 3.20. The fourth-order valence-electron chi connectivity index (χ4n) is 1.20. The van der Waals surface area contributed by atoms with Gasteiger partial charge in [0.1, 0.15) is 5.15 Å². The number of fused-ring (bicyclic) bond motifs is 1. The lowest BCUT2D eigenvalue weighted by Gasteiger charge is -2.04. The van der Waals surface area contributed by atoms with Crippen LogP contribution >= 0.6 is 45.9 Å². The number of carbonyl (C=O) groups is 1. The van der Waals surface area contributed by atoms with Crippen molar-refractivity contribution >= 4 is 61.2 Å². The number of halogens is 2. The second-order valence-electron chi connectivity index (χ2n) is 2.90. The van der Waals surface area contributed by atoms with Gasteiger partial charge in [-0.05, 0) is 6.92 Å². The van der Waals surface area contributed by atoms with E-state index >= 15 is 0 Å². The molecule has 4 nitrogen and oxygen atoms in total. The molecule has 0 N–H and O–H groups in total. The third-order valence-corrected chi connectivity index (χ3v) is 4.89. The maximum absolute atomic E-state index is 11.6. The summed E-state index contributed by atoms with van der Waals surface area (Å²) in [7, 11) is 0. The molecule has 0 unspecified atom stereocenters. The van der Waals surface area contributed by atoms with Crippen molar-refractivity contribution in [3.63, 3.8) is 0 Å². The molecule has 0 saturated heterocycles. The van der Waals surface area contributed by atoms with Crippen LogP contribution in [0.4, 0.5) is 0 Å². The first-order valence-corrected chi connectivity index (χ1v) is 6.89. The fourth-order valence-corrected chi connectivity index (χ4v) is 3.89. The minimum atomic E-state index is -0.646. The molecular formula is C9H5Cl2NO3S2. The van der Waals surface area contributed by atoms with E-state index in [4.69, 9.17) is 27.9 Å². The predicted molar refractivity (Wildman–Crippen MR) is 69.7 cm³/mol. The Bertz CT molecular complexity index is 649. The van der Waals surface area contributed by atoms with Crippen LogP contribution in [0.25, 0.3) is 9.40 Å². The molecule has 8 heteroatoms. The van der Waals surface area contributed by atoms with E-state index in [-0.39, 0.29) is 26.5 Å². The lowest BCUT2D eigenvalue weighted by Crippen LogP contribution is -2.08. The molecule has 17 heavy (non-hydrogen) atoms. The van der Waals surface area contributed by atoms with Crippen LogP contribution in [0, 0.1) is 0 Å². The van der Waals surface area contributed by atoms with Gasteiger partial charge in [-0.25, -0.2) is 9.78 Å². The molecule has 0 spiro atoms. The molecule has 0 amide bonds. The number of pyridine rings is 1. The minimum Gasteiger partial charge on any atom is -0.461 e. The highest BCUT2D eigenvalue weighted by atomic mass is 35.5. The van der Waals surface area contributed by atoms with Crippen LogP contribution in [0.3, 0.4) is 0 Å². The van der Waals surface area contributed by atoms with Gasteiger partial charge in [-0.15, -0.1) is 0 Å². The Hall–Kier alpha value is -0.690. The zero-order valence-electron chi connectivity index (χ0n) is 8.45. The normalized spacial score (nSPS) is 10.8. The van der Waals surface area contributed by atoms with Crippen LogP contribution in [-0.2, 0) is 4.74 Å². The van der Waals surface area contributed by atoms with Crippen LogP contribution in [0.5, 0.6) is 0 Å². The second kappa shape index (κ2) is 4.89. The average molecular weight is 310 g/mol. The molecule has 0 aromatic carbocycles. The lowest BCUT2D eigenvalue weighted by atomic mass is 10.3. The van der Waals surface area contributed by atoms with Gasteiger partial charge in [-0.2, -0.15) is 0 Å². The SMILES string of the molecule is CCOC(=O)c1nc(Cl)c2sc(=O)sc2c1Cl. The van der Waals surface area contributed by atoms with Gasteiger partial charge >= 0.3 is 5.97 Å².